The molecule has 1 aromatic rings. The van der Waals surface area contributed by atoms with Gasteiger partial charge < -0.3 is 25.8 Å². The zero-order valence-electron chi connectivity index (χ0n) is 11.5. The van der Waals surface area contributed by atoms with E-state index in [0.29, 0.717) is 36.0 Å². The Labute approximate surface area is 121 Å². The lowest BCUT2D eigenvalue weighted by atomic mass is 10.0. The number of nitrogens with one attached hydrogen (secondary N) is 2. The van der Waals surface area contributed by atoms with Crippen molar-refractivity contribution in [3.05, 3.63) is 12.1 Å². The summed E-state index contributed by atoms with van der Waals surface area (Å²) >= 11 is 0. The molecule has 7 nitrogen and oxygen atoms in total. The Balaban J connectivity index is 1.77. The molecule has 2 aliphatic rings. The first kappa shape index (κ1) is 13.7. The van der Waals surface area contributed by atoms with Crippen LogP contribution in [0.15, 0.2) is 12.1 Å². The lowest BCUT2D eigenvalue weighted by Gasteiger charge is -2.23. The van der Waals surface area contributed by atoms with Crippen LogP contribution in [0.1, 0.15) is 12.8 Å². The molecule has 112 valence electrons. The zero-order chi connectivity index (χ0) is 14.8. The molecule has 21 heavy (non-hydrogen) atoms. The van der Waals surface area contributed by atoms with Gasteiger partial charge in [-0.1, -0.05) is 0 Å². The van der Waals surface area contributed by atoms with Gasteiger partial charge >= 0.3 is 0 Å². The summed E-state index contributed by atoms with van der Waals surface area (Å²) < 4.78 is 10.6. The minimum Gasteiger partial charge on any atom is -0.482 e. The van der Waals surface area contributed by atoms with E-state index in [1.54, 1.807) is 12.1 Å². The van der Waals surface area contributed by atoms with Gasteiger partial charge in [0.2, 0.25) is 5.91 Å². The molecule has 1 saturated heterocycles. The van der Waals surface area contributed by atoms with Crippen molar-refractivity contribution in [2.75, 3.05) is 36.2 Å². The maximum absolute atomic E-state index is 12.2. The third-order valence-corrected chi connectivity index (χ3v) is 3.57. The van der Waals surface area contributed by atoms with Gasteiger partial charge in [0.15, 0.2) is 6.61 Å². The van der Waals surface area contributed by atoms with Crippen LogP contribution >= 0.6 is 0 Å². The second kappa shape index (κ2) is 5.61. The van der Waals surface area contributed by atoms with E-state index in [1.807, 2.05) is 0 Å². The first-order chi connectivity index (χ1) is 10.1. The fraction of sp³-hybridized carbons (Fsp3) is 0.429. The minimum atomic E-state index is -0.231. The molecule has 2 aliphatic heterocycles. The second-order valence-electron chi connectivity index (χ2n) is 5.18. The summed E-state index contributed by atoms with van der Waals surface area (Å²) in [5.41, 5.74) is 7.29. The van der Waals surface area contributed by atoms with Crippen molar-refractivity contribution in [2.24, 2.45) is 5.92 Å². The summed E-state index contributed by atoms with van der Waals surface area (Å²) in [6, 6.07) is 3.21. The lowest BCUT2D eigenvalue weighted by molar-refractivity contribution is -0.123. The Hall–Kier alpha value is -2.28. The minimum absolute atomic E-state index is 0.0302. The number of nitrogens with two attached hydrogens (primary N) is 1. The third kappa shape index (κ3) is 2.92. The highest BCUT2D eigenvalue weighted by atomic mass is 16.5. The van der Waals surface area contributed by atoms with E-state index < -0.39 is 0 Å². The molecule has 0 bridgehead atoms. The SMILES string of the molecule is Nc1cc2c(cc1NC(=O)C1CCCOC1)NC(=O)CO2. The number of amides is 2. The summed E-state index contributed by atoms with van der Waals surface area (Å²) in [4.78, 5) is 23.5. The van der Waals surface area contributed by atoms with Gasteiger partial charge in [-0.25, -0.2) is 0 Å². The van der Waals surface area contributed by atoms with Crippen molar-refractivity contribution >= 4 is 28.9 Å². The van der Waals surface area contributed by atoms with Crippen LogP contribution in [0.25, 0.3) is 0 Å². The van der Waals surface area contributed by atoms with Gasteiger partial charge in [0.1, 0.15) is 5.75 Å². The van der Waals surface area contributed by atoms with Crippen molar-refractivity contribution in [3.8, 4) is 5.75 Å². The van der Waals surface area contributed by atoms with E-state index in [2.05, 4.69) is 10.6 Å². The van der Waals surface area contributed by atoms with Crippen LogP contribution in [0.5, 0.6) is 5.75 Å². The maximum Gasteiger partial charge on any atom is 0.262 e. The van der Waals surface area contributed by atoms with Crippen LogP contribution in [0.3, 0.4) is 0 Å². The number of benzene rings is 1. The van der Waals surface area contributed by atoms with Gasteiger partial charge in [-0.15, -0.1) is 0 Å². The number of nitrogen functional groups attached to an aromatic ring is 1. The van der Waals surface area contributed by atoms with Crippen LogP contribution in [-0.4, -0.2) is 31.6 Å². The summed E-state index contributed by atoms with van der Waals surface area (Å²) in [5.74, 6) is -0.0132. The summed E-state index contributed by atoms with van der Waals surface area (Å²) in [6.45, 7) is 1.10. The van der Waals surface area contributed by atoms with Gasteiger partial charge in [0, 0.05) is 12.7 Å². The number of anilines is 3. The quantitative estimate of drug-likeness (QED) is 0.704. The smallest absolute Gasteiger partial charge is 0.262 e. The van der Waals surface area contributed by atoms with Crippen LogP contribution in [0.4, 0.5) is 17.1 Å². The Morgan fingerprint density at radius 1 is 1.43 bits per heavy atom. The molecule has 1 unspecified atom stereocenters. The molecule has 1 fully saturated rings. The van der Waals surface area contributed by atoms with Gasteiger partial charge in [-0.05, 0) is 18.9 Å². The lowest BCUT2D eigenvalue weighted by Crippen LogP contribution is -2.30. The van der Waals surface area contributed by atoms with Crippen LogP contribution < -0.4 is 21.1 Å². The Bertz CT molecular complexity index is 582. The molecule has 0 aromatic heterocycles. The standard InChI is InChI=1S/C14H17N3O4/c15-9-4-12-11(16-13(18)7-21-12)5-10(9)17-14(19)8-2-1-3-20-6-8/h4-5,8H,1-3,6-7,15H2,(H,16,18)(H,17,19). The highest BCUT2D eigenvalue weighted by Crippen LogP contribution is 2.35. The number of hydrogen-bond acceptors (Lipinski definition) is 5. The Kier molecular flexibility index (Phi) is 3.66. The molecule has 0 radical (unpaired) electrons. The van der Waals surface area contributed by atoms with E-state index in [4.69, 9.17) is 15.2 Å². The number of hydrogen-bond donors (Lipinski definition) is 3. The molecule has 0 saturated carbocycles. The summed E-state index contributed by atoms with van der Waals surface area (Å²) in [5, 5.41) is 5.48. The molecule has 2 amide bonds. The Morgan fingerprint density at radius 3 is 3.05 bits per heavy atom. The van der Waals surface area contributed by atoms with E-state index >= 15 is 0 Å². The zero-order valence-corrected chi connectivity index (χ0v) is 11.5. The number of ether oxygens (including phenoxy) is 2. The number of fused-ring (bicyclic) bond motifs is 1. The monoisotopic (exact) mass is 291 g/mol. The van der Waals surface area contributed by atoms with Crippen LogP contribution in [0.2, 0.25) is 0 Å². The van der Waals surface area contributed by atoms with Crippen molar-refractivity contribution in [2.45, 2.75) is 12.8 Å². The van der Waals surface area contributed by atoms with Crippen molar-refractivity contribution in [1.82, 2.24) is 0 Å². The molecule has 7 heteroatoms. The van der Waals surface area contributed by atoms with Crippen LogP contribution in [-0.2, 0) is 14.3 Å². The van der Waals surface area contributed by atoms with Crippen molar-refractivity contribution in [3.63, 3.8) is 0 Å². The van der Waals surface area contributed by atoms with Gasteiger partial charge in [0.25, 0.3) is 5.91 Å². The number of rotatable bonds is 2. The molecule has 0 aliphatic carbocycles. The van der Waals surface area contributed by atoms with Gasteiger partial charge in [0.05, 0.1) is 29.6 Å². The highest BCUT2D eigenvalue weighted by molar-refractivity contribution is 6.00. The second-order valence-corrected chi connectivity index (χ2v) is 5.18. The van der Waals surface area contributed by atoms with Crippen molar-refractivity contribution < 1.29 is 19.1 Å². The average Bonchev–Trinajstić information content (AvgIpc) is 2.49. The van der Waals surface area contributed by atoms with Gasteiger partial charge in [-0.2, -0.15) is 0 Å². The molecular weight excluding hydrogens is 274 g/mol. The van der Waals surface area contributed by atoms with Crippen molar-refractivity contribution in [1.29, 1.82) is 0 Å². The first-order valence-electron chi connectivity index (χ1n) is 6.88. The van der Waals surface area contributed by atoms with E-state index in [-0.39, 0.29) is 24.3 Å². The molecule has 4 N–H and O–H groups in total. The third-order valence-electron chi connectivity index (χ3n) is 3.57. The van der Waals surface area contributed by atoms with Gasteiger partial charge in [-0.3, -0.25) is 9.59 Å². The topological polar surface area (TPSA) is 103 Å². The molecule has 1 atom stereocenters. The predicted molar refractivity (Wildman–Crippen MR) is 77.2 cm³/mol. The molecular formula is C14H17N3O4. The normalized spacial score (nSPS) is 21.0. The Morgan fingerprint density at radius 2 is 2.29 bits per heavy atom. The largest absolute Gasteiger partial charge is 0.482 e. The molecule has 2 heterocycles. The fourth-order valence-electron chi connectivity index (χ4n) is 2.43. The first-order valence-corrected chi connectivity index (χ1v) is 6.88. The average molecular weight is 291 g/mol. The van der Waals surface area contributed by atoms with E-state index in [0.717, 1.165) is 12.8 Å². The molecule has 1 aromatic carbocycles. The summed E-state index contributed by atoms with van der Waals surface area (Å²) in [6.07, 6.45) is 1.68. The molecule has 0 spiro atoms. The number of carbonyl (C=O) groups excluding carboxylic acids is 2. The fourth-order valence-corrected chi connectivity index (χ4v) is 2.43. The van der Waals surface area contributed by atoms with E-state index in [9.17, 15) is 9.59 Å². The number of carbonyl (C=O) groups is 2. The van der Waals surface area contributed by atoms with Crippen LogP contribution in [0, 0.1) is 5.92 Å². The molecule has 3 rings (SSSR count). The predicted octanol–water partition coefficient (Wildman–Crippen LogP) is 0.965. The van der Waals surface area contributed by atoms with E-state index in [1.165, 1.54) is 0 Å². The highest BCUT2D eigenvalue weighted by Gasteiger charge is 2.24. The maximum atomic E-state index is 12.2. The summed E-state index contributed by atoms with van der Waals surface area (Å²) in [7, 11) is 0.